The standard InChI is InChI=1S/C9H6F3NO/c1-6-2-7(5-13)4-8(3-6)14-9(10,11)12/h2-4H,1H3. The summed E-state index contributed by atoms with van der Waals surface area (Å²) in [5, 5.41) is 8.50. The Bertz CT molecular complexity index is 379. The molecule has 1 rings (SSSR count). The van der Waals surface area contributed by atoms with Crippen LogP contribution in [-0.4, -0.2) is 6.36 Å². The maximum Gasteiger partial charge on any atom is 0.573 e. The fraction of sp³-hybridized carbons (Fsp3) is 0.222. The van der Waals surface area contributed by atoms with E-state index in [-0.39, 0.29) is 11.3 Å². The molecule has 0 saturated carbocycles. The van der Waals surface area contributed by atoms with Crippen LogP contribution >= 0.6 is 0 Å². The van der Waals surface area contributed by atoms with Crippen LogP contribution in [0.3, 0.4) is 0 Å². The van der Waals surface area contributed by atoms with E-state index >= 15 is 0 Å². The summed E-state index contributed by atoms with van der Waals surface area (Å²) in [6.07, 6.45) is -4.72. The first-order chi connectivity index (χ1) is 6.40. The molecule has 1 aromatic carbocycles. The topological polar surface area (TPSA) is 33.0 Å². The van der Waals surface area contributed by atoms with Gasteiger partial charge in [0.25, 0.3) is 0 Å². The Hall–Kier alpha value is -1.70. The third kappa shape index (κ3) is 2.98. The maximum atomic E-state index is 11.8. The lowest BCUT2D eigenvalue weighted by Crippen LogP contribution is -2.17. The van der Waals surface area contributed by atoms with Crippen LogP contribution in [0, 0.1) is 18.3 Å². The zero-order chi connectivity index (χ0) is 10.8. The van der Waals surface area contributed by atoms with Gasteiger partial charge in [0.2, 0.25) is 0 Å². The summed E-state index contributed by atoms with van der Waals surface area (Å²) in [7, 11) is 0. The lowest BCUT2D eigenvalue weighted by molar-refractivity contribution is -0.274. The molecule has 5 heteroatoms. The van der Waals surface area contributed by atoms with Crippen molar-refractivity contribution < 1.29 is 17.9 Å². The van der Waals surface area contributed by atoms with E-state index in [1.165, 1.54) is 12.1 Å². The number of benzene rings is 1. The third-order valence-corrected chi connectivity index (χ3v) is 1.41. The van der Waals surface area contributed by atoms with Crippen molar-refractivity contribution in [3.05, 3.63) is 29.3 Å². The van der Waals surface area contributed by atoms with Gasteiger partial charge >= 0.3 is 6.36 Å². The van der Waals surface area contributed by atoms with Crippen LogP contribution < -0.4 is 4.74 Å². The Morgan fingerprint density at radius 2 is 1.93 bits per heavy atom. The second kappa shape index (κ2) is 3.58. The molecule has 0 fully saturated rings. The van der Waals surface area contributed by atoms with E-state index < -0.39 is 6.36 Å². The molecular formula is C9H6F3NO. The minimum absolute atomic E-state index is 0.143. The predicted molar refractivity (Wildman–Crippen MR) is 42.6 cm³/mol. The summed E-state index contributed by atoms with van der Waals surface area (Å²) in [4.78, 5) is 0. The van der Waals surface area contributed by atoms with Gasteiger partial charge in [-0.05, 0) is 30.7 Å². The predicted octanol–water partition coefficient (Wildman–Crippen LogP) is 2.77. The van der Waals surface area contributed by atoms with Crippen molar-refractivity contribution in [2.24, 2.45) is 0 Å². The molecule has 0 aliphatic rings. The lowest BCUT2D eigenvalue weighted by atomic mass is 10.1. The number of rotatable bonds is 1. The molecule has 0 N–H and O–H groups in total. The van der Waals surface area contributed by atoms with Crippen molar-refractivity contribution in [3.8, 4) is 11.8 Å². The van der Waals surface area contributed by atoms with Gasteiger partial charge in [0.1, 0.15) is 5.75 Å². The molecule has 2 nitrogen and oxygen atoms in total. The first-order valence-corrected chi connectivity index (χ1v) is 3.68. The van der Waals surface area contributed by atoms with Gasteiger partial charge in [-0.25, -0.2) is 0 Å². The monoisotopic (exact) mass is 201 g/mol. The van der Waals surface area contributed by atoms with Gasteiger partial charge in [-0.2, -0.15) is 5.26 Å². The van der Waals surface area contributed by atoms with E-state index in [1.807, 2.05) is 0 Å². The molecule has 0 amide bonds. The van der Waals surface area contributed by atoms with Gasteiger partial charge in [0, 0.05) is 0 Å². The number of nitriles is 1. The average molecular weight is 201 g/mol. The maximum absolute atomic E-state index is 11.8. The van der Waals surface area contributed by atoms with E-state index in [1.54, 1.807) is 13.0 Å². The highest BCUT2D eigenvalue weighted by atomic mass is 19.4. The summed E-state index contributed by atoms with van der Waals surface area (Å²) in [5.74, 6) is -0.367. The number of aryl methyl sites for hydroxylation is 1. The third-order valence-electron chi connectivity index (χ3n) is 1.41. The smallest absolute Gasteiger partial charge is 0.406 e. The summed E-state index contributed by atoms with van der Waals surface area (Å²) >= 11 is 0. The number of hydrogen-bond donors (Lipinski definition) is 0. The molecule has 0 atom stereocenters. The van der Waals surface area contributed by atoms with Crippen LogP contribution in [0.5, 0.6) is 5.75 Å². The molecule has 0 unspecified atom stereocenters. The van der Waals surface area contributed by atoms with Crippen LogP contribution in [0.15, 0.2) is 18.2 Å². The first kappa shape index (κ1) is 10.4. The molecule has 0 saturated heterocycles. The van der Waals surface area contributed by atoms with Gasteiger partial charge in [0.05, 0.1) is 11.6 Å². The van der Waals surface area contributed by atoms with Crippen molar-refractivity contribution in [2.45, 2.75) is 13.3 Å². The number of nitrogens with zero attached hydrogens (tertiary/aromatic N) is 1. The second-order valence-electron chi connectivity index (χ2n) is 2.69. The van der Waals surface area contributed by atoms with Crippen LogP contribution in [0.25, 0.3) is 0 Å². The van der Waals surface area contributed by atoms with Crippen molar-refractivity contribution in [2.75, 3.05) is 0 Å². The van der Waals surface area contributed by atoms with Crippen molar-refractivity contribution in [3.63, 3.8) is 0 Å². The minimum atomic E-state index is -4.72. The van der Waals surface area contributed by atoms with Gasteiger partial charge in [0.15, 0.2) is 0 Å². The zero-order valence-corrected chi connectivity index (χ0v) is 7.22. The van der Waals surface area contributed by atoms with Crippen LogP contribution in [0.1, 0.15) is 11.1 Å². The molecule has 1 aromatic rings. The lowest BCUT2D eigenvalue weighted by Gasteiger charge is -2.09. The number of hydrogen-bond acceptors (Lipinski definition) is 2. The summed E-state index contributed by atoms with van der Waals surface area (Å²) < 4.78 is 39.1. The normalized spacial score (nSPS) is 10.8. The molecule has 0 aliphatic carbocycles. The van der Waals surface area contributed by atoms with E-state index in [4.69, 9.17) is 5.26 Å². The second-order valence-corrected chi connectivity index (χ2v) is 2.69. The molecule has 0 bridgehead atoms. The van der Waals surface area contributed by atoms with E-state index in [0.717, 1.165) is 6.07 Å². The van der Waals surface area contributed by atoms with Crippen molar-refractivity contribution >= 4 is 0 Å². The molecule has 0 spiro atoms. The summed E-state index contributed by atoms with van der Waals surface area (Å²) in [6.45, 7) is 1.59. The molecule has 0 aromatic heterocycles. The van der Waals surface area contributed by atoms with E-state index in [0.29, 0.717) is 5.56 Å². The van der Waals surface area contributed by atoms with Gasteiger partial charge < -0.3 is 4.74 Å². The van der Waals surface area contributed by atoms with Crippen LogP contribution in [-0.2, 0) is 0 Å². The van der Waals surface area contributed by atoms with Crippen molar-refractivity contribution in [1.29, 1.82) is 5.26 Å². The van der Waals surface area contributed by atoms with Gasteiger partial charge in [-0.15, -0.1) is 13.2 Å². The highest BCUT2D eigenvalue weighted by Gasteiger charge is 2.31. The first-order valence-electron chi connectivity index (χ1n) is 3.68. The van der Waals surface area contributed by atoms with E-state index in [9.17, 15) is 13.2 Å². The van der Waals surface area contributed by atoms with E-state index in [2.05, 4.69) is 4.74 Å². The number of alkyl halides is 3. The Morgan fingerprint density at radius 1 is 1.29 bits per heavy atom. The molecule has 0 radical (unpaired) electrons. The Balaban J connectivity index is 3.00. The molecular weight excluding hydrogens is 195 g/mol. The highest BCUT2D eigenvalue weighted by Crippen LogP contribution is 2.24. The molecule has 74 valence electrons. The fourth-order valence-electron chi connectivity index (χ4n) is 1.01. The van der Waals surface area contributed by atoms with Gasteiger partial charge in [-0.3, -0.25) is 0 Å². The van der Waals surface area contributed by atoms with Crippen LogP contribution in [0.4, 0.5) is 13.2 Å². The van der Waals surface area contributed by atoms with Crippen LogP contribution in [0.2, 0.25) is 0 Å². The summed E-state index contributed by atoms with van der Waals surface area (Å²) in [6, 6.07) is 5.48. The van der Waals surface area contributed by atoms with Crippen molar-refractivity contribution in [1.82, 2.24) is 0 Å². The Labute approximate surface area is 78.5 Å². The Morgan fingerprint density at radius 3 is 2.43 bits per heavy atom. The minimum Gasteiger partial charge on any atom is -0.406 e. The van der Waals surface area contributed by atoms with Gasteiger partial charge in [-0.1, -0.05) is 0 Å². The number of ether oxygens (including phenoxy) is 1. The Kier molecular flexibility index (Phi) is 2.65. The quantitative estimate of drug-likeness (QED) is 0.699. The summed E-state index contributed by atoms with van der Waals surface area (Å²) in [5.41, 5.74) is 0.688. The molecule has 14 heavy (non-hydrogen) atoms. The number of halogens is 3. The SMILES string of the molecule is Cc1cc(C#N)cc(OC(F)(F)F)c1. The molecule has 0 heterocycles. The molecule has 0 aliphatic heterocycles. The fourth-order valence-corrected chi connectivity index (χ4v) is 1.01. The average Bonchev–Trinajstić information content (AvgIpc) is 1.99. The zero-order valence-electron chi connectivity index (χ0n) is 7.22. The highest BCUT2D eigenvalue weighted by molar-refractivity contribution is 5.40. The largest absolute Gasteiger partial charge is 0.573 e.